The van der Waals surface area contributed by atoms with E-state index in [4.69, 9.17) is 24.1 Å². The van der Waals surface area contributed by atoms with Gasteiger partial charge < -0.3 is 34.3 Å². The Labute approximate surface area is 197 Å². The van der Waals surface area contributed by atoms with Crippen LogP contribution in [-0.4, -0.2) is 64.8 Å². The number of ketones is 1. The molecule has 0 fully saturated rings. The van der Waals surface area contributed by atoms with Gasteiger partial charge in [0, 0.05) is 29.0 Å². The molecule has 34 heavy (non-hydrogen) atoms. The van der Waals surface area contributed by atoms with E-state index in [1.165, 1.54) is 0 Å². The van der Waals surface area contributed by atoms with Crippen molar-refractivity contribution in [1.82, 2.24) is 0 Å². The quantitative estimate of drug-likeness (QED) is 0.333. The number of hydrogen-bond acceptors (Lipinski definition) is 8. The molecule has 1 aliphatic rings. The Morgan fingerprint density at radius 2 is 1.71 bits per heavy atom. The van der Waals surface area contributed by atoms with E-state index >= 15 is 0 Å². The second-order valence-electron chi connectivity index (χ2n) is 9.03. The molecule has 0 bridgehead atoms. The van der Waals surface area contributed by atoms with Crippen LogP contribution >= 0.6 is 0 Å². The van der Waals surface area contributed by atoms with Gasteiger partial charge in [0.1, 0.15) is 41.7 Å². The number of furan rings is 1. The molecule has 3 aromatic rings. The third-order valence-electron chi connectivity index (χ3n) is 6.24. The van der Waals surface area contributed by atoms with Crippen molar-refractivity contribution in [3.8, 4) is 11.5 Å². The molecule has 0 radical (unpaired) electrons. The van der Waals surface area contributed by atoms with Crippen molar-refractivity contribution in [2.75, 3.05) is 26.4 Å². The zero-order valence-corrected chi connectivity index (χ0v) is 19.3. The molecule has 8 nitrogen and oxygen atoms in total. The van der Waals surface area contributed by atoms with Crippen molar-refractivity contribution in [3.63, 3.8) is 0 Å². The molecule has 1 aromatic heterocycles. The van der Waals surface area contributed by atoms with Crippen molar-refractivity contribution in [1.29, 1.82) is 0 Å². The second kappa shape index (κ2) is 9.76. The van der Waals surface area contributed by atoms with E-state index in [0.29, 0.717) is 47.0 Å². The van der Waals surface area contributed by atoms with Gasteiger partial charge in [-0.05, 0) is 62.6 Å². The van der Waals surface area contributed by atoms with E-state index in [-0.39, 0.29) is 19.0 Å². The van der Waals surface area contributed by atoms with Crippen LogP contribution in [0, 0.1) is 0 Å². The third kappa shape index (κ3) is 4.42. The van der Waals surface area contributed by atoms with Crippen molar-refractivity contribution < 1.29 is 39.1 Å². The molecule has 2 aromatic carbocycles. The van der Waals surface area contributed by atoms with Crippen LogP contribution in [-0.2, 0) is 5.41 Å². The van der Waals surface area contributed by atoms with Crippen LogP contribution in [0.3, 0.4) is 0 Å². The fourth-order valence-electron chi connectivity index (χ4n) is 4.24. The topological polar surface area (TPSA) is 130 Å². The second-order valence-corrected chi connectivity index (χ2v) is 9.03. The normalized spacial score (nSPS) is 16.1. The average Bonchev–Trinajstić information content (AvgIpc) is 3.23. The van der Waals surface area contributed by atoms with E-state index in [9.17, 15) is 15.0 Å². The molecular formula is C26H30O8. The summed E-state index contributed by atoms with van der Waals surface area (Å²) in [6, 6.07) is 10.5. The van der Waals surface area contributed by atoms with Gasteiger partial charge in [-0.3, -0.25) is 4.79 Å². The molecule has 0 spiro atoms. The number of carbonyl (C=O) groups is 1. The lowest BCUT2D eigenvalue weighted by Crippen LogP contribution is -2.34. The summed E-state index contributed by atoms with van der Waals surface area (Å²) in [6.07, 6.45) is -1.12. The predicted molar refractivity (Wildman–Crippen MR) is 125 cm³/mol. The number of hydrogen-bond donors (Lipinski definition) is 4. The summed E-state index contributed by atoms with van der Waals surface area (Å²) in [5, 5.41) is 38.0. The fraction of sp³-hybridized carbons (Fsp3) is 0.423. The largest absolute Gasteiger partial charge is 0.493 e. The zero-order chi connectivity index (χ0) is 24.5. The van der Waals surface area contributed by atoms with E-state index in [1.807, 2.05) is 26.0 Å². The maximum atomic E-state index is 13.4. The van der Waals surface area contributed by atoms with Crippen LogP contribution in [0.1, 0.15) is 53.9 Å². The number of ether oxygens (including phenoxy) is 2. The van der Waals surface area contributed by atoms with Gasteiger partial charge in [-0.25, -0.2) is 0 Å². The number of aliphatic hydroxyl groups is 4. The smallest absolute Gasteiger partial charge is 0.197 e. The summed E-state index contributed by atoms with van der Waals surface area (Å²) in [5.41, 5.74) is 1.75. The van der Waals surface area contributed by atoms with Gasteiger partial charge in [0.25, 0.3) is 0 Å². The van der Waals surface area contributed by atoms with Crippen molar-refractivity contribution >= 4 is 16.8 Å². The summed E-state index contributed by atoms with van der Waals surface area (Å²) in [6.45, 7) is 3.78. The fourth-order valence-corrected chi connectivity index (χ4v) is 4.24. The Morgan fingerprint density at radius 3 is 2.44 bits per heavy atom. The first-order valence-electron chi connectivity index (χ1n) is 11.4. The highest BCUT2D eigenvalue weighted by Gasteiger charge is 2.41. The number of aliphatic hydroxyl groups excluding tert-OH is 4. The lowest BCUT2D eigenvalue weighted by Gasteiger charge is -2.31. The maximum Gasteiger partial charge on any atom is 0.197 e. The lowest BCUT2D eigenvalue weighted by atomic mass is 9.71. The minimum absolute atomic E-state index is 0.128. The summed E-state index contributed by atoms with van der Waals surface area (Å²) >= 11 is 0. The number of fused-ring (bicyclic) bond motifs is 4. The van der Waals surface area contributed by atoms with Crippen LogP contribution in [0.4, 0.5) is 0 Å². The molecule has 1 unspecified atom stereocenters. The number of benzene rings is 2. The molecular weight excluding hydrogens is 440 g/mol. The Hall–Kier alpha value is -2.91. The summed E-state index contributed by atoms with van der Waals surface area (Å²) in [4.78, 5) is 13.4. The molecule has 1 aliphatic carbocycles. The van der Waals surface area contributed by atoms with Gasteiger partial charge in [0.05, 0.1) is 18.8 Å². The lowest BCUT2D eigenvalue weighted by molar-refractivity contribution is -0.0339. The summed E-state index contributed by atoms with van der Waals surface area (Å²) in [7, 11) is 0. The van der Waals surface area contributed by atoms with Crippen LogP contribution in [0.25, 0.3) is 11.0 Å². The molecule has 0 saturated carbocycles. The molecule has 1 heterocycles. The molecule has 4 N–H and O–H groups in total. The maximum absolute atomic E-state index is 13.4. The van der Waals surface area contributed by atoms with E-state index in [0.717, 1.165) is 17.4 Å². The van der Waals surface area contributed by atoms with Gasteiger partial charge in [-0.1, -0.05) is 0 Å². The molecule has 0 aliphatic heterocycles. The predicted octanol–water partition coefficient (Wildman–Crippen LogP) is 2.55. The van der Waals surface area contributed by atoms with Crippen molar-refractivity contribution in [2.24, 2.45) is 0 Å². The minimum atomic E-state index is -1.29. The van der Waals surface area contributed by atoms with E-state index < -0.39 is 24.2 Å². The van der Waals surface area contributed by atoms with Gasteiger partial charge in [-0.2, -0.15) is 0 Å². The van der Waals surface area contributed by atoms with Crippen molar-refractivity contribution in [3.05, 3.63) is 58.8 Å². The van der Waals surface area contributed by atoms with Crippen LogP contribution in [0.15, 0.2) is 40.8 Å². The van der Waals surface area contributed by atoms with Crippen LogP contribution in [0.5, 0.6) is 11.5 Å². The Morgan fingerprint density at radius 1 is 0.971 bits per heavy atom. The van der Waals surface area contributed by atoms with Crippen LogP contribution < -0.4 is 9.47 Å². The van der Waals surface area contributed by atoms with E-state index in [1.54, 1.807) is 24.3 Å². The minimum Gasteiger partial charge on any atom is -0.493 e. The average molecular weight is 471 g/mol. The van der Waals surface area contributed by atoms with Gasteiger partial charge in [-0.15, -0.1) is 0 Å². The molecule has 0 saturated heterocycles. The number of unbranched alkanes of at least 4 members (excludes halogenated alkanes) is 1. The number of carbonyl (C=O) groups excluding carboxylic acids is 1. The zero-order valence-electron chi connectivity index (χ0n) is 19.3. The highest BCUT2D eigenvalue weighted by molar-refractivity contribution is 6.19. The van der Waals surface area contributed by atoms with Gasteiger partial charge in [0.15, 0.2) is 5.78 Å². The summed E-state index contributed by atoms with van der Waals surface area (Å²) in [5.74, 6) is 1.49. The standard InChI is InChI=1S/C26H30O8/c1-26(2)19-11-15(33-14-21(30)20(29)13-28)5-7-17(19)24(31)23-18-8-6-16(32-10-4-3-9-27)12-22(18)34-25(23)26/h5-8,11-12,20-21,27-30H,3-4,9-10,13-14H2,1-2H3/t20-,21?/m1/s1. The molecule has 4 rings (SSSR count). The molecule has 8 heteroatoms. The number of rotatable bonds is 10. The first-order valence-corrected chi connectivity index (χ1v) is 11.4. The Balaban J connectivity index is 1.64. The highest BCUT2D eigenvalue weighted by atomic mass is 16.5. The molecule has 2 atom stereocenters. The van der Waals surface area contributed by atoms with Crippen LogP contribution in [0.2, 0.25) is 0 Å². The Kier molecular flexibility index (Phi) is 6.95. The van der Waals surface area contributed by atoms with E-state index in [2.05, 4.69) is 0 Å². The molecule has 0 amide bonds. The summed E-state index contributed by atoms with van der Waals surface area (Å²) < 4.78 is 17.6. The van der Waals surface area contributed by atoms with Gasteiger partial charge in [0.2, 0.25) is 0 Å². The first-order chi connectivity index (χ1) is 16.3. The van der Waals surface area contributed by atoms with Gasteiger partial charge >= 0.3 is 0 Å². The monoisotopic (exact) mass is 470 g/mol. The first kappa shape index (κ1) is 24.2. The Bertz CT molecular complexity index is 1180. The highest BCUT2D eigenvalue weighted by Crippen LogP contribution is 2.46. The van der Waals surface area contributed by atoms with Crippen molar-refractivity contribution in [2.45, 2.75) is 44.3 Å². The SMILES string of the molecule is CC1(C)c2cc(OCC(O)[C@H](O)CO)ccc2C(=O)c2c1oc1cc(OCCCCO)ccc21. The molecule has 182 valence electrons. The third-order valence-corrected chi connectivity index (χ3v) is 6.24.